The second-order valence-electron chi connectivity index (χ2n) is 7.48. The van der Waals surface area contributed by atoms with Gasteiger partial charge in [0, 0.05) is 30.6 Å². The Bertz CT molecular complexity index is 337. The van der Waals surface area contributed by atoms with Crippen molar-refractivity contribution in [2.24, 2.45) is 5.92 Å². The minimum Gasteiger partial charge on any atom is -0.339 e. The SMILES string of the molecule is CCCN(C(=O)C1CCCCCC1)C1CC2CCC(C1)N2. The molecule has 3 fully saturated rings. The van der Waals surface area contributed by atoms with Crippen molar-refractivity contribution in [2.45, 2.75) is 95.7 Å². The first-order valence-electron chi connectivity index (χ1n) is 9.34. The summed E-state index contributed by atoms with van der Waals surface area (Å²) in [6, 6.07) is 1.87. The molecule has 2 bridgehead atoms. The second kappa shape index (κ2) is 7.13. The molecule has 120 valence electrons. The third-order valence-corrected chi connectivity index (χ3v) is 5.84. The van der Waals surface area contributed by atoms with Crippen LogP contribution in [-0.2, 0) is 4.79 Å². The summed E-state index contributed by atoms with van der Waals surface area (Å²) < 4.78 is 0. The van der Waals surface area contributed by atoms with Crippen LogP contribution in [0.1, 0.15) is 77.6 Å². The van der Waals surface area contributed by atoms with E-state index in [2.05, 4.69) is 17.1 Å². The van der Waals surface area contributed by atoms with Crippen LogP contribution < -0.4 is 5.32 Å². The highest BCUT2D eigenvalue weighted by Gasteiger charge is 2.38. The Morgan fingerprint density at radius 3 is 2.19 bits per heavy atom. The van der Waals surface area contributed by atoms with Gasteiger partial charge in [-0.3, -0.25) is 4.79 Å². The van der Waals surface area contributed by atoms with Crippen LogP contribution in [0, 0.1) is 5.92 Å². The van der Waals surface area contributed by atoms with Gasteiger partial charge < -0.3 is 10.2 Å². The molecule has 0 spiro atoms. The molecule has 3 nitrogen and oxygen atoms in total. The van der Waals surface area contributed by atoms with Crippen LogP contribution in [0.15, 0.2) is 0 Å². The topological polar surface area (TPSA) is 32.3 Å². The zero-order chi connectivity index (χ0) is 14.7. The van der Waals surface area contributed by atoms with Gasteiger partial charge in [-0.25, -0.2) is 0 Å². The number of carbonyl (C=O) groups excluding carboxylic acids is 1. The van der Waals surface area contributed by atoms with Crippen LogP contribution in [0.3, 0.4) is 0 Å². The number of hydrogen-bond donors (Lipinski definition) is 1. The molecule has 0 aromatic rings. The van der Waals surface area contributed by atoms with Gasteiger partial charge >= 0.3 is 0 Å². The Morgan fingerprint density at radius 1 is 1.00 bits per heavy atom. The van der Waals surface area contributed by atoms with Gasteiger partial charge in [0.15, 0.2) is 0 Å². The van der Waals surface area contributed by atoms with Crippen molar-refractivity contribution >= 4 is 5.91 Å². The number of nitrogens with zero attached hydrogens (tertiary/aromatic N) is 1. The maximum absolute atomic E-state index is 13.1. The van der Waals surface area contributed by atoms with Gasteiger partial charge in [0.2, 0.25) is 5.91 Å². The van der Waals surface area contributed by atoms with E-state index in [4.69, 9.17) is 0 Å². The average molecular weight is 292 g/mol. The van der Waals surface area contributed by atoms with Crippen molar-refractivity contribution in [1.82, 2.24) is 10.2 Å². The van der Waals surface area contributed by atoms with Crippen molar-refractivity contribution in [1.29, 1.82) is 0 Å². The molecular formula is C18H32N2O. The summed E-state index contributed by atoms with van der Waals surface area (Å²) in [5.41, 5.74) is 0. The molecule has 1 saturated carbocycles. The first kappa shape index (κ1) is 15.3. The average Bonchev–Trinajstić information content (AvgIpc) is 2.72. The van der Waals surface area contributed by atoms with Gasteiger partial charge in [0.05, 0.1) is 0 Å². The van der Waals surface area contributed by atoms with E-state index >= 15 is 0 Å². The van der Waals surface area contributed by atoms with Gasteiger partial charge in [-0.05, 0) is 44.9 Å². The highest BCUT2D eigenvalue weighted by atomic mass is 16.2. The summed E-state index contributed by atoms with van der Waals surface area (Å²) in [6.07, 6.45) is 13.6. The Balaban J connectivity index is 1.66. The van der Waals surface area contributed by atoms with Crippen LogP contribution in [0.4, 0.5) is 0 Å². The summed E-state index contributed by atoms with van der Waals surface area (Å²) in [7, 11) is 0. The van der Waals surface area contributed by atoms with Crippen LogP contribution in [-0.4, -0.2) is 35.5 Å². The molecule has 21 heavy (non-hydrogen) atoms. The fraction of sp³-hybridized carbons (Fsp3) is 0.944. The lowest BCUT2D eigenvalue weighted by Crippen LogP contribution is -2.51. The smallest absolute Gasteiger partial charge is 0.225 e. The lowest BCUT2D eigenvalue weighted by molar-refractivity contribution is -0.139. The van der Waals surface area contributed by atoms with E-state index in [-0.39, 0.29) is 0 Å². The summed E-state index contributed by atoms with van der Waals surface area (Å²) in [5, 5.41) is 3.71. The standard InChI is InChI=1S/C18H32N2O/c1-2-11-20(17-12-15-9-10-16(13-17)19-15)18(21)14-7-5-3-4-6-8-14/h14-17,19H,2-13H2,1H3. The van der Waals surface area contributed by atoms with Crippen molar-refractivity contribution < 1.29 is 4.79 Å². The highest BCUT2D eigenvalue weighted by Crippen LogP contribution is 2.32. The minimum absolute atomic E-state index is 0.326. The molecule has 2 heterocycles. The Kier molecular flexibility index (Phi) is 5.20. The number of carbonyl (C=O) groups is 1. The van der Waals surface area contributed by atoms with Crippen LogP contribution >= 0.6 is 0 Å². The largest absolute Gasteiger partial charge is 0.339 e. The van der Waals surface area contributed by atoms with E-state index in [0.29, 0.717) is 30.0 Å². The van der Waals surface area contributed by atoms with Gasteiger partial charge in [0.25, 0.3) is 0 Å². The molecule has 1 amide bonds. The third-order valence-electron chi connectivity index (χ3n) is 5.84. The first-order valence-corrected chi connectivity index (χ1v) is 9.34. The number of fused-ring (bicyclic) bond motifs is 2. The number of hydrogen-bond acceptors (Lipinski definition) is 2. The van der Waals surface area contributed by atoms with E-state index in [9.17, 15) is 4.79 Å². The lowest BCUT2D eigenvalue weighted by atomic mass is 9.93. The van der Waals surface area contributed by atoms with E-state index in [0.717, 1.165) is 25.8 Å². The molecule has 3 aliphatic rings. The molecule has 2 aliphatic heterocycles. The van der Waals surface area contributed by atoms with Crippen LogP contribution in [0.2, 0.25) is 0 Å². The van der Waals surface area contributed by atoms with E-state index in [1.54, 1.807) is 0 Å². The zero-order valence-electron chi connectivity index (χ0n) is 13.7. The molecule has 2 unspecified atom stereocenters. The highest BCUT2D eigenvalue weighted by molar-refractivity contribution is 5.79. The predicted molar refractivity (Wildman–Crippen MR) is 86.2 cm³/mol. The van der Waals surface area contributed by atoms with Gasteiger partial charge in [-0.2, -0.15) is 0 Å². The zero-order valence-corrected chi connectivity index (χ0v) is 13.7. The lowest BCUT2D eigenvalue weighted by Gasteiger charge is -2.39. The Labute approximate surface area is 129 Å². The number of nitrogens with one attached hydrogen (secondary N) is 1. The Morgan fingerprint density at radius 2 is 1.62 bits per heavy atom. The maximum Gasteiger partial charge on any atom is 0.225 e. The summed E-state index contributed by atoms with van der Waals surface area (Å²) in [4.78, 5) is 15.4. The summed E-state index contributed by atoms with van der Waals surface area (Å²) >= 11 is 0. The predicted octanol–water partition coefficient (Wildman–Crippen LogP) is 3.48. The number of amides is 1. The fourth-order valence-corrected chi connectivity index (χ4v) is 4.76. The maximum atomic E-state index is 13.1. The van der Waals surface area contributed by atoms with Crippen molar-refractivity contribution in [3.05, 3.63) is 0 Å². The molecular weight excluding hydrogens is 260 g/mol. The molecule has 3 heteroatoms. The van der Waals surface area contributed by atoms with Crippen LogP contribution in [0.25, 0.3) is 0 Å². The van der Waals surface area contributed by atoms with Crippen molar-refractivity contribution in [3.8, 4) is 0 Å². The summed E-state index contributed by atoms with van der Waals surface area (Å²) in [5.74, 6) is 0.816. The summed E-state index contributed by atoms with van der Waals surface area (Å²) in [6.45, 7) is 3.18. The molecule has 2 saturated heterocycles. The molecule has 0 aromatic heterocycles. The quantitative estimate of drug-likeness (QED) is 0.805. The van der Waals surface area contributed by atoms with Gasteiger partial charge in [-0.1, -0.05) is 32.6 Å². The van der Waals surface area contributed by atoms with Gasteiger partial charge in [-0.15, -0.1) is 0 Å². The van der Waals surface area contributed by atoms with Crippen LogP contribution in [0.5, 0.6) is 0 Å². The first-order chi connectivity index (χ1) is 10.3. The second-order valence-corrected chi connectivity index (χ2v) is 7.48. The molecule has 1 aliphatic carbocycles. The minimum atomic E-state index is 0.326. The van der Waals surface area contributed by atoms with E-state index in [1.807, 2.05) is 0 Å². The molecule has 2 atom stereocenters. The van der Waals surface area contributed by atoms with Gasteiger partial charge in [0.1, 0.15) is 0 Å². The van der Waals surface area contributed by atoms with Crippen molar-refractivity contribution in [3.63, 3.8) is 0 Å². The molecule has 1 N–H and O–H groups in total. The fourth-order valence-electron chi connectivity index (χ4n) is 4.76. The van der Waals surface area contributed by atoms with Crippen molar-refractivity contribution in [2.75, 3.05) is 6.54 Å². The Hall–Kier alpha value is -0.570. The number of rotatable bonds is 4. The van der Waals surface area contributed by atoms with E-state index in [1.165, 1.54) is 51.4 Å². The number of piperidine rings is 1. The molecule has 0 aromatic carbocycles. The third kappa shape index (κ3) is 3.61. The molecule has 3 rings (SSSR count). The van der Waals surface area contributed by atoms with E-state index < -0.39 is 0 Å². The molecule has 0 radical (unpaired) electrons. The normalized spacial score (nSPS) is 33.7. The monoisotopic (exact) mass is 292 g/mol.